The largest absolute Gasteiger partial charge is 0.329 e. The monoisotopic (exact) mass is 189 g/mol. The number of Topliss-reactive ketones (excluding diaryl/α,β-unsaturated/α-hetero) is 1. The summed E-state index contributed by atoms with van der Waals surface area (Å²) in [5, 5.41) is 0. The topological polar surface area (TPSA) is 43.1 Å². The van der Waals surface area contributed by atoms with Crippen LogP contribution in [0.4, 0.5) is 0 Å². The molecule has 0 bridgehead atoms. The zero-order valence-electron chi connectivity index (χ0n) is 8.42. The molecule has 0 saturated heterocycles. The lowest BCUT2D eigenvalue weighted by Crippen LogP contribution is -2.25. The van der Waals surface area contributed by atoms with Gasteiger partial charge in [-0.2, -0.15) is 0 Å². The van der Waals surface area contributed by atoms with Gasteiger partial charge in [0.25, 0.3) is 0 Å². The molecule has 1 fully saturated rings. The third-order valence-electron chi connectivity index (χ3n) is 3.04. The molecule has 0 amide bonds. The van der Waals surface area contributed by atoms with Gasteiger partial charge in [-0.05, 0) is 19.8 Å². The van der Waals surface area contributed by atoms with Gasteiger partial charge in [0.1, 0.15) is 0 Å². The molecule has 2 nitrogen and oxygen atoms in total. The van der Waals surface area contributed by atoms with Gasteiger partial charge >= 0.3 is 0 Å². The van der Waals surface area contributed by atoms with Gasteiger partial charge in [0.2, 0.25) is 0 Å². The summed E-state index contributed by atoms with van der Waals surface area (Å²) in [6.45, 7) is 2.50. The fourth-order valence-corrected chi connectivity index (χ4v) is 1.69. The molecule has 0 aliphatic heterocycles. The van der Waals surface area contributed by atoms with Crippen molar-refractivity contribution < 1.29 is 4.79 Å². The lowest BCUT2D eigenvalue weighted by molar-refractivity contribution is 0.0905. The average Bonchev–Trinajstić information content (AvgIpc) is 2.99. The minimum absolute atomic E-state index is 0.213. The summed E-state index contributed by atoms with van der Waals surface area (Å²) in [4.78, 5) is 12.0. The Morgan fingerprint density at radius 1 is 1.36 bits per heavy atom. The van der Waals surface area contributed by atoms with Gasteiger partial charge in [-0.3, -0.25) is 4.79 Å². The van der Waals surface area contributed by atoms with Crippen LogP contribution in [-0.4, -0.2) is 12.3 Å². The lowest BCUT2D eigenvalue weighted by atomic mass is 9.94. The van der Waals surface area contributed by atoms with Crippen molar-refractivity contribution in [2.45, 2.75) is 19.8 Å². The molecule has 2 N–H and O–H groups in total. The van der Waals surface area contributed by atoms with Gasteiger partial charge < -0.3 is 5.73 Å². The van der Waals surface area contributed by atoms with E-state index in [0.717, 1.165) is 18.4 Å². The zero-order valence-corrected chi connectivity index (χ0v) is 8.42. The van der Waals surface area contributed by atoms with Crippen molar-refractivity contribution >= 4 is 5.78 Å². The van der Waals surface area contributed by atoms with Crippen LogP contribution in [-0.2, 0) is 0 Å². The van der Waals surface area contributed by atoms with Gasteiger partial charge in [-0.15, -0.1) is 0 Å². The molecule has 2 heteroatoms. The second-order valence-electron chi connectivity index (χ2n) is 4.18. The maximum atomic E-state index is 12.0. The highest BCUT2D eigenvalue weighted by Crippen LogP contribution is 2.47. The second kappa shape index (κ2) is 3.21. The predicted octanol–water partition coefficient (Wildman–Crippen LogP) is 1.92. The Morgan fingerprint density at radius 3 is 2.36 bits per heavy atom. The molecule has 0 radical (unpaired) electrons. The number of hydrogen-bond acceptors (Lipinski definition) is 2. The minimum atomic E-state index is -0.213. The van der Waals surface area contributed by atoms with Crippen LogP contribution in [0, 0.1) is 12.3 Å². The van der Waals surface area contributed by atoms with E-state index >= 15 is 0 Å². The van der Waals surface area contributed by atoms with E-state index in [1.165, 1.54) is 5.56 Å². The van der Waals surface area contributed by atoms with Crippen LogP contribution in [0.3, 0.4) is 0 Å². The van der Waals surface area contributed by atoms with Crippen molar-refractivity contribution in [1.29, 1.82) is 0 Å². The van der Waals surface area contributed by atoms with Crippen molar-refractivity contribution in [1.82, 2.24) is 0 Å². The van der Waals surface area contributed by atoms with Crippen molar-refractivity contribution in [3.63, 3.8) is 0 Å². The highest BCUT2D eigenvalue weighted by molar-refractivity contribution is 6.02. The molecule has 1 aliphatic rings. The van der Waals surface area contributed by atoms with Crippen molar-refractivity contribution in [2.75, 3.05) is 6.54 Å². The molecule has 0 heterocycles. The Labute approximate surface area is 84.1 Å². The predicted molar refractivity (Wildman–Crippen MR) is 56.2 cm³/mol. The van der Waals surface area contributed by atoms with Crippen molar-refractivity contribution in [3.8, 4) is 0 Å². The van der Waals surface area contributed by atoms with Crippen LogP contribution >= 0.6 is 0 Å². The first-order chi connectivity index (χ1) is 6.68. The molecular weight excluding hydrogens is 174 g/mol. The average molecular weight is 189 g/mol. The summed E-state index contributed by atoms with van der Waals surface area (Å²) in [7, 11) is 0. The van der Waals surface area contributed by atoms with Crippen molar-refractivity contribution in [3.05, 3.63) is 35.4 Å². The third kappa shape index (κ3) is 1.46. The van der Waals surface area contributed by atoms with Gasteiger partial charge in [0, 0.05) is 17.5 Å². The van der Waals surface area contributed by atoms with E-state index in [-0.39, 0.29) is 11.2 Å². The van der Waals surface area contributed by atoms with E-state index in [4.69, 9.17) is 5.73 Å². The molecular formula is C12H15NO. The number of rotatable bonds is 3. The summed E-state index contributed by atoms with van der Waals surface area (Å²) in [6.07, 6.45) is 1.91. The third-order valence-corrected chi connectivity index (χ3v) is 3.04. The zero-order chi connectivity index (χ0) is 10.2. The fourth-order valence-electron chi connectivity index (χ4n) is 1.69. The number of nitrogens with two attached hydrogens (primary N) is 1. The molecule has 0 atom stereocenters. The van der Waals surface area contributed by atoms with E-state index in [1.54, 1.807) is 0 Å². The van der Waals surface area contributed by atoms with Crippen LogP contribution in [0.1, 0.15) is 28.8 Å². The Balaban J connectivity index is 2.23. The molecule has 1 aromatic carbocycles. The fraction of sp³-hybridized carbons (Fsp3) is 0.417. The number of carbonyl (C=O) groups is 1. The summed E-state index contributed by atoms with van der Waals surface area (Å²) in [5.41, 5.74) is 7.39. The summed E-state index contributed by atoms with van der Waals surface area (Å²) in [6, 6.07) is 7.74. The van der Waals surface area contributed by atoms with Gasteiger partial charge in [-0.25, -0.2) is 0 Å². The molecule has 1 aromatic rings. The first-order valence-corrected chi connectivity index (χ1v) is 4.99. The Kier molecular flexibility index (Phi) is 2.16. The smallest absolute Gasteiger partial charge is 0.170 e. The van der Waals surface area contributed by atoms with Gasteiger partial charge in [0.15, 0.2) is 5.78 Å². The van der Waals surface area contributed by atoms with E-state index in [9.17, 15) is 4.79 Å². The SMILES string of the molecule is Cc1ccc(C(=O)C2(CN)CC2)cc1. The quantitative estimate of drug-likeness (QED) is 0.738. The van der Waals surface area contributed by atoms with E-state index in [1.807, 2.05) is 31.2 Å². The molecule has 14 heavy (non-hydrogen) atoms. The molecule has 0 spiro atoms. The number of benzene rings is 1. The molecule has 74 valence electrons. The van der Waals surface area contributed by atoms with E-state index < -0.39 is 0 Å². The number of aryl methyl sites for hydroxylation is 1. The maximum Gasteiger partial charge on any atom is 0.170 e. The highest BCUT2D eigenvalue weighted by Gasteiger charge is 2.48. The Bertz CT molecular complexity index is 349. The molecule has 0 aromatic heterocycles. The van der Waals surface area contributed by atoms with Crippen LogP contribution < -0.4 is 5.73 Å². The van der Waals surface area contributed by atoms with Crippen LogP contribution in [0.2, 0.25) is 0 Å². The highest BCUT2D eigenvalue weighted by atomic mass is 16.1. The summed E-state index contributed by atoms with van der Waals surface area (Å²) in [5.74, 6) is 0.222. The first-order valence-electron chi connectivity index (χ1n) is 4.99. The Hall–Kier alpha value is -1.15. The molecule has 1 saturated carbocycles. The van der Waals surface area contributed by atoms with Gasteiger partial charge in [-0.1, -0.05) is 29.8 Å². The van der Waals surface area contributed by atoms with Gasteiger partial charge in [0.05, 0.1) is 0 Å². The summed E-state index contributed by atoms with van der Waals surface area (Å²) < 4.78 is 0. The lowest BCUT2D eigenvalue weighted by Gasteiger charge is -2.10. The maximum absolute atomic E-state index is 12.0. The van der Waals surface area contributed by atoms with Crippen LogP contribution in [0.25, 0.3) is 0 Å². The minimum Gasteiger partial charge on any atom is -0.329 e. The van der Waals surface area contributed by atoms with E-state index in [2.05, 4.69) is 0 Å². The normalized spacial score (nSPS) is 17.9. The molecule has 2 rings (SSSR count). The van der Waals surface area contributed by atoms with Crippen LogP contribution in [0.15, 0.2) is 24.3 Å². The number of carbonyl (C=O) groups excluding carboxylic acids is 1. The molecule has 0 unspecified atom stereocenters. The first kappa shape index (κ1) is 9.41. The standard InChI is InChI=1S/C12H15NO/c1-9-2-4-10(5-3-9)11(14)12(8-13)6-7-12/h2-5H,6-8,13H2,1H3. The number of hydrogen-bond donors (Lipinski definition) is 1. The van der Waals surface area contributed by atoms with Crippen molar-refractivity contribution in [2.24, 2.45) is 11.1 Å². The summed E-state index contributed by atoms with van der Waals surface area (Å²) >= 11 is 0. The van der Waals surface area contributed by atoms with E-state index in [0.29, 0.717) is 6.54 Å². The Morgan fingerprint density at radius 2 is 1.93 bits per heavy atom. The van der Waals surface area contributed by atoms with Crippen LogP contribution in [0.5, 0.6) is 0 Å². The number of ketones is 1. The second-order valence-corrected chi connectivity index (χ2v) is 4.18. The molecule has 1 aliphatic carbocycles.